The van der Waals surface area contributed by atoms with Crippen molar-refractivity contribution < 1.29 is 10.2 Å². The van der Waals surface area contributed by atoms with Gasteiger partial charge in [-0.2, -0.15) is 0 Å². The van der Waals surface area contributed by atoms with Crippen LogP contribution in [-0.2, 0) is 0 Å². The topological polar surface area (TPSA) is 40.5 Å². The second-order valence-electron chi connectivity index (χ2n) is 5.32. The van der Waals surface area contributed by atoms with Crippen LogP contribution in [0.3, 0.4) is 0 Å². The van der Waals surface area contributed by atoms with Crippen LogP contribution in [0.2, 0.25) is 0 Å². The van der Waals surface area contributed by atoms with Crippen LogP contribution >= 0.6 is 0 Å². The third-order valence-electron chi connectivity index (χ3n) is 3.29. The van der Waals surface area contributed by atoms with Gasteiger partial charge in [0.2, 0.25) is 0 Å². The van der Waals surface area contributed by atoms with Crippen molar-refractivity contribution in [3.63, 3.8) is 0 Å². The monoisotopic (exact) mass is 210 g/mol. The van der Waals surface area contributed by atoms with E-state index in [1.54, 1.807) is 6.08 Å². The first kappa shape index (κ1) is 12.5. The van der Waals surface area contributed by atoms with Crippen LogP contribution in [0.15, 0.2) is 17.4 Å². The third kappa shape index (κ3) is 2.72. The van der Waals surface area contributed by atoms with E-state index in [2.05, 4.69) is 19.6 Å². The summed E-state index contributed by atoms with van der Waals surface area (Å²) in [6, 6.07) is 0. The zero-order chi connectivity index (χ0) is 11.7. The van der Waals surface area contributed by atoms with Crippen LogP contribution < -0.4 is 0 Å². The van der Waals surface area contributed by atoms with Crippen LogP contribution in [0.1, 0.15) is 47.0 Å². The summed E-state index contributed by atoms with van der Waals surface area (Å²) in [4.78, 5) is 0. The molecule has 0 spiro atoms. The van der Waals surface area contributed by atoms with Crippen molar-refractivity contribution in [1.82, 2.24) is 0 Å². The molecule has 2 N–H and O–H groups in total. The molecule has 2 atom stereocenters. The van der Waals surface area contributed by atoms with Crippen molar-refractivity contribution in [3.8, 4) is 0 Å². The van der Waals surface area contributed by atoms with Crippen molar-refractivity contribution in [2.24, 2.45) is 5.41 Å². The summed E-state index contributed by atoms with van der Waals surface area (Å²) < 4.78 is 0. The molecule has 0 amide bonds. The van der Waals surface area contributed by atoms with Gasteiger partial charge in [-0.3, -0.25) is 0 Å². The largest absolute Gasteiger partial charge is 0.388 e. The summed E-state index contributed by atoms with van der Waals surface area (Å²) in [5.41, 5.74) is 3.26. The fourth-order valence-electron chi connectivity index (χ4n) is 2.18. The Kier molecular flexibility index (Phi) is 3.44. The minimum atomic E-state index is -0.756. The van der Waals surface area contributed by atoms with Gasteiger partial charge in [0.15, 0.2) is 0 Å². The summed E-state index contributed by atoms with van der Waals surface area (Å²) in [5.74, 6) is 0. The fraction of sp³-hybridized carbons (Fsp3) is 0.769. The summed E-state index contributed by atoms with van der Waals surface area (Å²) in [6.07, 6.45) is 3.64. The molecule has 0 heterocycles. The number of hydrogen-bond donors (Lipinski definition) is 2. The molecule has 0 aromatic heterocycles. The van der Waals surface area contributed by atoms with Crippen molar-refractivity contribution in [2.75, 3.05) is 0 Å². The molecule has 0 aromatic carbocycles. The molecule has 0 aliphatic heterocycles. The number of aliphatic hydroxyl groups is 2. The summed E-state index contributed by atoms with van der Waals surface area (Å²) >= 11 is 0. The van der Waals surface area contributed by atoms with E-state index >= 15 is 0 Å². The minimum Gasteiger partial charge on any atom is -0.388 e. The lowest BCUT2D eigenvalue weighted by Crippen LogP contribution is -2.25. The lowest BCUT2D eigenvalue weighted by molar-refractivity contribution is 0.104. The number of rotatable bonds is 2. The van der Waals surface area contributed by atoms with Gasteiger partial charge in [-0.1, -0.05) is 20.8 Å². The first-order valence-electron chi connectivity index (χ1n) is 5.68. The molecule has 1 fully saturated rings. The smallest absolute Gasteiger partial charge is 0.0907 e. The Hall–Kier alpha value is -0.560. The van der Waals surface area contributed by atoms with Crippen LogP contribution in [-0.4, -0.2) is 21.9 Å². The highest BCUT2D eigenvalue weighted by Gasteiger charge is 2.43. The van der Waals surface area contributed by atoms with Crippen LogP contribution in [0.25, 0.3) is 0 Å². The van der Waals surface area contributed by atoms with Crippen molar-refractivity contribution >= 4 is 0 Å². The van der Waals surface area contributed by atoms with E-state index in [1.165, 1.54) is 0 Å². The summed E-state index contributed by atoms with van der Waals surface area (Å²) in [5, 5.41) is 19.6. The molecule has 2 nitrogen and oxygen atoms in total. The Morgan fingerprint density at radius 3 is 2.40 bits per heavy atom. The van der Waals surface area contributed by atoms with Crippen molar-refractivity contribution in [1.29, 1.82) is 0 Å². The molecule has 1 saturated carbocycles. The molecular formula is C13H22O2. The maximum absolute atomic E-state index is 10.2. The van der Waals surface area contributed by atoms with Gasteiger partial charge in [-0.25, -0.2) is 0 Å². The normalized spacial score (nSPS) is 31.2. The molecule has 0 saturated heterocycles. The van der Waals surface area contributed by atoms with Crippen molar-refractivity contribution in [2.45, 2.75) is 58.7 Å². The van der Waals surface area contributed by atoms with Crippen LogP contribution in [0, 0.1) is 5.41 Å². The lowest BCUT2D eigenvalue weighted by Gasteiger charge is -2.24. The van der Waals surface area contributed by atoms with E-state index in [0.717, 1.165) is 18.4 Å². The molecule has 2 unspecified atom stereocenters. The maximum atomic E-state index is 10.2. The number of hydrogen-bond acceptors (Lipinski definition) is 2. The minimum absolute atomic E-state index is 0.00649. The van der Waals surface area contributed by atoms with E-state index in [4.69, 9.17) is 0 Å². The van der Waals surface area contributed by atoms with Gasteiger partial charge < -0.3 is 10.2 Å². The maximum Gasteiger partial charge on any atom is 0.0907 e. The third-order valence-corrected chi connectivity index (χ3v) is 3.29. The molecule has 2 heteroatoms. The van der Waals surface area contributed by atoms with E-state index in [-0.39, 0.29) is 5.41 Å². The Bertz CT molecular complexity index is 276. The van der Waals surface area contributed by atoms with E-state index < -0.39 is 11.7 Å². The average molecular weight is 210 g/mol. The highest BCUT2D eigenvalue weighted by Crippen LogP contribution is 2.47. The fourth-order valence-corrected chi connectivity index (χ4v) is 2.18. The molecule has 1 aliphatic carbocycles. The van der Waals surface area contributed by atoms with Crippen molar-refractivity contribution in [3.05, 3.63) is 17.4 Å². The Morgan fingerprint density at radius 1 is 1.40 bits per heavy atom. The molecule has 0 radical (unpaired) electrons. The number of aliphatic hydroxyl groups excluding tert-OH is 1. The molecule has 0 bridgehead atoms. The molecule has 1 rings (SSSR count). The molecular weight excluding hydrogens is 188 g/mol. The van der Waals surface area contributed by atoms with Gasteiger partial charge >= 0.3 is 0 Å². The zero-order valence-electron chi connectivity index (χ0n) is 10.2. The van der Waals surface area contributed by atoms with Gasteiger partial charge in [0.1, 0.15) is 0 Å². The predicted octanol–water partition coefficient (Wildman–Crippen LogP) is 2.41. The second kappa shape index (κ2) is 4.13. The van der Waals surface area contributed by atoms with Gasteiger partial charge in [0.05, 0.1) is 11.7 Å². The van der Waals surface area contributed by atoms with Gasteiger partial charge in [0, 0.05) is 5.57 Å². The first-order valence-corrected chi connectivity index (χ1v) is 5.68. The zero-order valence-corrected chi connectivity index (χ0v) is 10.2. The molecule has 15 heavy (non-hydrogen) atoms. The van der Waals surface area contributed by atoms with Gasteiger partial charge in [0.25, 0.3) is 0 Å². The Labute approximate surface area is 92.3 Å². The molecule has 0 aromatic rings. The Balaban J connectivity index is 3.04. The SMILES string of the molecule is CCC(O)C=C=C1C(C)(C)CCC1(C)O. The summed E-state index contributed by atoms with van der Waals surface area (Å²) in [6.45, 7) is 7.98. The second-order valence-corrected chi connectivity index (χ2v) is 5.32. The highest BCUT2D eigenvalue weighted by molar-refractivity contribution is 5.27. The van der Waals surface area contributed by atoms with Gasteiger partial charge in [-0.15, -0.1) is 5.73 Å². The predicted molar refractivity (Wildman–Crippen MR) is 61.5 cm³/mol. The molecule has 86 valence electrons. The quantitative estimate of drug-likeness (QED) is 0.687. The van der Waals surface area contributed by atoms with Gasteiger partial charge in [-0.05, 0) is 37.7 Å². The standard InChI is InChI=1S/C13H22O2/c1-5-10(14)6-7-11-12(2,3)8-9-13(11,4)15/h6,10,14-15H,5,8-9H2,1-4H3. The van der Waals surface area contributed by atoms with E-state index in [1.807, 2.05) is 13.8 Å². The average Bonchev–Trinajstić information content (AvgIpc) is 2.34. The van der Waals surface area contributed by atoms with E-state index in [9.17, 15) is 10.2 Å². The first-order chi connectivity index (χ1) is 6.79. The van der Waals surface area contributed by atoms with E-state index in [0.29, 0.717) is 6.42 Å². The summed E-state index contributed by atoms with van der Waals surface area (Å²) in [7, 11) is 0. The van der Waals surface area contributed by atoms with Crippen LogP contribution in [0.4, 0.5) is 0 Å². The lowest BCUT2D eigenvalue weighted by atomic mass is 9.84. The van der Waals surface area contributed by atoms with Crippen LogP contribution in [0.5, 0.6) is 0 Å². The highest BCUT2D eigenvalue weighted by atomic mass is 16.3. The molecule has 1 aliphatic rings. The Morgan fingerprint density at radius 2 is 2.00 bits per heavy atom.